The molecule has 0 aromatic heterocycles. The third kappa shape index (κ3) is 6.10. The van der Waals surface area contributed by atoms with Crippen molar-refractivity contribution in [2.24, 2.45) is 0 Å². The van der Waals surface area contributed by atoms with Crippen molar-refractivity contribution < 1.29 is 14.6 Å². The summed E-state index contributed by atoms with van der Waals surface area (Å²) in [5, 5.41) is 10.8. The van der Waals surface area contributed by atoms with Crippen LogP contribution in [0.4, 0.5) is 0 Å². The summed E-state index contributed by atoms with van der Waals surface area (Å²) in [5.41, 5.74) is 3.77. The van der Waals surface area contributed by atoms with Gasteiger partial charge in [-0.3, -0.25) is 4.79 Å². The summed E-state index contributed by atoms with van der Waals surface area (Å²) in [7, 11) is 0. The zero-order valence-corrected chi connectivity index (χ0v) is 20.1. The van der Waals surface area contributed by atoms with Gasteiger partial charge >= 0.3 is 5.97 Å². The van der Waals surface area contributed by atoms with Crippen LogP contribution in [-0.4, -0.2) is 11.1 Å². The standard InChI is InChI=1S/C27H38O3/c1-25(2,3)19-11-13-20(14-12-19)30-23(28)15-10-18-16-21(26(4,5)6)24(29)22(17-18)27(7,8)9/h11-14,16-17,29H,10,15H2,1-9H3. The number of phenols is 1. The van der Waals surface area contributed by atoms with Crippen LogP contribution in [0.15, 0.2) is 36.4 Å². The van der Waals surface area contributed by atoms with Gasteiger partial charge in [-0.1, -0.05) is 86.6 Å². The van der Waals surface area contributed by atoms with Crippen LogP contribution in [0.5, 0.6) is 11.5 Å². The normalized spacial score (nSPS) is 12.7. The molecule has 2 aromatic carbocycles. The van der Waals surface area contributed by atoms with E-state index in [-0.39, 0.29) is 22.2 Å². The van der Waals surface area contributed by atoms with Gasteiger partial charge in [0.05, 0.1) is 0 Å². The molecule has 3 nitrogen and oxygen atoms in total. The van der Waals surface area contributed by atoms with Gasteiger partial charge in [0.2, 0.25) is 0 Å². The van der Waals surface area contributed by atoms with Crippen LogP contribution in [0.25, 0.3) is 0 Å². The Morgan fingerprint density at radius 1 is 0.800 bits per heavy atom. The summed E-state index contributed by atoms with van der Waals surface area (Å²) in [6.07, 6.45) is 0.865. The molecule has 0 amide bonds. The van der Waals surface area contributed by atoms with Crippen LogP contribution in [0.2, 0.25) is 0 Å². The average molecular weight is 411 g/mol. The highest BCUT2D eigenvalue weighted by Gasteiger charge is 2.26. The summed E-state index contributed by atoms with van der Waals surface area (Å²) < 4.78 is 5.53. The highest BCUT2D eigenvalue weighted by atomic mass is 16.5. The van der Waals surface area contributed by atoms with E-state index >= 15 is 0 Å². The number of rotatable bonds is 4. The van der Waals surface area contributed by atoms with Crippen molar-refractivity contribution in [3.8, 4) is 11.5 Å². The zero-order chi connectivity index (χ0) is 22.9. The summed E-state index contributed by atoms with van der Waals surface area (Å²) in [5.74, 6) is 0.686. The quantitative estimate of drug-likeness (QED) is 0.444. The molecular weight excluding hydrogens is 372 g/mol. The van der Waals surface area contributed by atoms with Crippen molar-refractivity contribution in [3.63, 3.8) is 0 Å². The maximum absolute atomic E-state index is 12.4. The van der Waals surface area contributed by atoms with E-state index < -0.39 is 0 Å². The predicted molar refractivity (Wildman–Crippen MR) is 125 cm³/mol. The summed E-state index contributed by atoms with van der Waals surface area (Å²) in [6.45, 7) is 19.0. The SMILES string of the molecule is CC(C)(C)c1ccc(OC(=O)CCc2cc(C(C)(C)C)c(O)c(C(C)(C)C)c2)cc1. The Morgan fingerprint density at radius 2 is 1.27 bits per heavy atom. The number of ether oxygens (including phenoxy) is 1. The molecule has 3 heteroatoms. The van der Waals surface area contributed by atoms with Gasteiger partial charge in [-0.05, 0) is 57.1 Å². The molecule has 0 radical (unpaired) electrons. The van der Waals surface area contributed by atoms with E-state index in [1.54, 1.807) is 0 Å². The van der Waals surface area contributed by atoms with Gasteiger partial charge in [-0.2, -0.15) is 0 Å². The molecule has 0 atom stereocenters. The zero-order valence-electron chi connectivity index (χ0n) is 20.1. The van der Waals surface area contributed by atoms with Crippen LogP contribution in [0, 0.1) is 0 Å². The van der Waals surface area contributed by atoms with E-state index in [0.717, 1.165) is 16.7 Å². The van der Waals surface area contributed by atoms with Crippen molar-refractivity contribution in [2.75, 3.05) is 0 Å². The molecule has 0 aliphatic carbocycles. The van der Waals surface area contributed by atoms with Crippen LogP contribution < -0.4 is 4.74 Å². The lowest BCUT2D eigenvalue weighted by atomic mass is 9.78. The van der Waals surface area contributed by atoms with Crippen LogP contribution in [0.1, 0.15) is 91.0 Å². The van der Waals surface area contributed by atoms with Crippen molar-refractivity contribution in [1.29, 1.82) is 0 Å². The van der Waals surface area contributed by atoms with E-state index in [4.69, 9.17) is 4.74 Å². The first kappa shape index (κ1) is 24.0. The van der Waals surface area contributed by atoms with Crippen molar-refractivity contribution in [3.05, 3.63) is 58.7 Å². The van der Waals surface area contributed by atoms with E-state index in [1.807, 2.05) is 36.4 Å². The fraction of sp³-hybridized carbons (Fsp3) is 0.519. The second kappa shape index (κ2) is 8.45. The van der Waals surface area contributed by atoms with Crippen LogP contribution in [-0.2, 0) is 27.5 Å². The second-order valence-electron chi connectivity index (χ2n) is 11.3. The number of carbonyl (C=O) groups excluding carboxylic acids is 1. The third-order valence-electron chi connectivity index (χ3n) is 5.36. The lowest BCUT2D eigenvalue weighted by molar-refractivity contribution is -0.134. The molecule has 0 heterocycles. The number of aromatic hydroxyl groups is 1. The van der Waals surface area contributed by atoms with Crippen molar-refractivity contribution in [1.82, 2.24) is 0 Å². The van der Waals surface area contributed by atoms with Crippen LogP contribution >= 0.6 is 0 Å². The number of hydrogen-bond acceptors (Lipinski definition) is 3. The number of phenolic OH excluding ortho intramolecular Hbond substituents is 1. The Balaban J connectivity index is 2.15. The molecule has 0 saturated heterocycles. The highest BCUT2D eigenvalue weighted by molar-refractivity contribution is 5.72. The first-order valence-electron chi connectivity index (χ1n) is 10.8. The van der Waals surface area contributed by atoms with Gasteiger partial charge in [0.25, 0.3) is 0 Å². The molecule has 0 saturated carbocycles. The number of hydrogen-bond donors (Lipinski definition) is 1. The molecule has 0 unspecified atom stereocenters. The lowest BCUT2D eigenvalue weighted by Gasteiger charge is -2.28. The Morgan fingerprint density at radius 3 is 1.67 bits per heavy atom. The summed E-state index contributed by atoms with van der Waals surface area (Å²) in [4.78, 5) is 12.4. The Bertz CT molecular complexity index is 851. The number of carbonyl (C=O) groups is 1. The van der Waals surface area contributed by atoms with Crippen molar-refractivity contribution in [2.45, 2.75) is 91.4 Å². The highest BCUT2D eigenvalue weighted by Crippen LogP contribution is 2.40. The molecule has 0 bridgehead atoms. The number of esters is 1. The smallest absolute Gasteiger partial charge is 0.311 e. The molecular formula is C27H38O3. The largest absolute Gasteiger partial charge is 0.507 e. The first-order chi connectivity index (χ1) is 13.6. The third-order valence-corrected chi connectivity index (χ3v) is 5.36. The van der Waals surface area contributed by atoms with Gasteiger partial charge in [0.15, 0.2) is 0 Å². The molecule has 164 valence electrons. The first-order valence-corrected chi connectivity index (χ1v) is 10.8. The van der Waals surface area contributed by atoms with E-state index in [1.165, 1.54) is 5.56 Å². The fourth-order valence-electron chi connectivity index (χ4n) is 3.43. The summed E-state index contributed by atoms with van der Waals surface area (Å²) >= 11 is 0. The van der Waals surface area contributed by atoms with E-state index in [0.29, 0.717) is 24.3 Å². The minimum absolute atomic E-state index is 0.0664. The molecule has 0 aliphatic rings. The minimum atomic E-state index is -0.249. The molecule has 0 fully saturated rings. The molecule has 30 heavy (non-hydrogen) atoms. The predicted octanol–water partition coefficient (Wildman–Crippen LogP) is 6.82. The minimum Gasteiger partial charge on any atom is -0.507 e. The van der Waals surface area contributed by atoms with Gasteiger partial charge in [0.1, 0.15) is 11.5 Å². The summed E-state index contributed by atoms with van der Waals surface area (Å²) in [6, 6.07) is 11.8. The molecule has 0 spiro atoms. The van der Waals surface area contributed by atoms with Gasteiger partial charge in [-0.15, -0.1) is 0 Å². The monoisotopic (exact) mass is 410 g/mol. The lowest BCUT2D eigenvalue weighted by Crippen LogP contribution is -2.18. The Hall–Kier alpha value is -2.29. The number of benzene rings is 2. The van der Waals surface area contributed by atoms with Gasteiger partial charge < -0.3 is 9.84 Å². The second-order valence-corrected chi connectivity index (χ2v) is 11.3. The molecule has 2 rings (SSSR count). The Kier molecular flexibility index (Phi) is 6.76. The van der Waals surface area contributed by atoms with E-state index in [2.05, 4.69) is 62.3 Å². The molecule has 2 aromatic rings. The fourth-order valence-corrected chi connectivity index (χ4v) is 3.43. The Labute approximate surface area is 182 Å². The van der Waals surface area contributed by atoms with Crippen molar-refractivity contribution >= 4 is 5.97 Å². The topological polar surface area (TPSA) is 46.5 Å². The maximum atomic E-state index is 12.4. The number of aryl methyl sites for hydroxylation is 1. The molecule has 0 aliphatic heterocycles. The maximum Gasteiger partial charge on any atom is 0.311 e. The van der Waals surface area contributed by atoms with Gasteiger partial charge in [-0.25, -0.2) is 0 Å². The van der Waals surface area contributed by atoms with E-state index in [9.17, 15) is 9.90 Å². The average Bonchev–Trinajstić information content (AvgIpc) is 2.58. The molecule has 1 N–H and O–H groups in total. The van der Waals surface area contributed by atoms with Crippen LogP contribution in [0.3, 0.4) is 0 Å². The van der Waals surface area contributed by atoms with Gasteiger partial charge in [0, 0.05) is 6.42 Å².